The van der Waals surface area contributed by atoms with Crippen molar-refractivity contribution in [1.29, 1.82) is 0 Å². The Hall–Kier alpha value is -2.17. The van der Waals surface area contributed by atoms with Crippen molar-refractivity contribution in [3.63, 3.8) is 0 Å². The number of benzene rings is 2. The Bertz CT molecular complexity index is 599. The Morgan fingerprint density at radius 3 is 2.47 bits per heavy atom. The average molecular weight is 266 g/mol. The van der Waals surface area contributed by atoms with Crippen molar-refractivity contribution in [2.75, 3.05) is 11.1 Å². The summed E-state index contributed by atoms with van der Waals surface area (Å²) in [6.07, 6.45) is 0. The van der Waals surface area contributed by atoms with Crippen LogP contribution in [0.4, 0.5) is 24.5 Å². The van der Waals surface area contributed by atoms with Gasteiger partial charge in [-0.2, -0.15) is 0 Å². The van der Waals surface area contributed by atoms with Gasteiger partial charge in [0.25, 0.3) is 0 Å². The number of halogens is 3. The zero-order valence-corrected chi connectivity index (χ0v) is 10.3. The van der Waals surface area contributed by atoms with E-state index in [-0.39, 0.29) is 23.2 Å². The van der Waals surface area contributed by atoms with E-state index in [9.17, 15) is 13.2 Å². The van der Waals surface area contributed by atoms with Crippen molar-refractivity contribution in [1.82, 2.24) is 0 Å². The van der Waals surface area contributed by atoms with E-state index < -0.39 is 11.6 Å². The normalized spacial score (nSPS) is 12.2. The van der Waals surface area contributed by atoms with E-state index in [4.69, 9.17) is 5.73 Å². The monoisotopic (exact) mass is 266 g/mol. The van der Waals surface area contributed by atoms with Crippen molar-refractivity contribution in [2.45, 2.75) is 13.0 Å². The Labute approximate surface area is 109 Å². The molecule has 3 N–H and O–H groups in total. The molecule has 0 aliphatic heterocycles. The molecule has 5 heteroatoms. The lowest BCUT2D eigenvalue weighted by molar-refractivity contribution is 0.586. The standard InChI is InChI=1S/C14H13F3N2/c1-8(9-3-2-4-10(15)5-9)19-13-7-11(16)6-12(17)14(13)18/h2-8,19H,18H2,1H3. The lowest BCUT2D eigenvalue weighted by Crippen LogP contribution is -2.10. The Balaban J connectivity index is 2.26. The number of anilines is 2. The zero-order valence-electron chi connectivity index (χ0n) is 10.3. The molecule has 0 bridgehead atoms. The van der Waals surface area contributed by atoms with Gasteiger partial charge in [0.2, 0.25) is 0 Å². The summed E-state index contributed by atoms with van der Waals surface area (Å²) in [4.78, 5) is 0. The largest absolute Gasteiger partial charge is 0.395 e. The second-order valence-corrected chi connectivity index (χ2v) is 4.27. The predicted octanol–water partition coefficient (Wildman–Crippen LogP) is 3.86. The number of hydrogen-bond acceptors (Lipinski definition) is 2. The van der Waals surface area contributed by atoms with Gasteiger partial charge in [-0.1, -0.05) is 12.1 Å². The molecule has 1 atom stereocenters. The third kappa shape index (κ3) is 2.99. The van der Waals surface area contributed by atoms with Crippen LogP contribution in [0.2, 0.25) is 0 Å². The fourth-order valence-electron chi connectivity index (χ4n) is 1.80. The van der Waals surface area contributed by atoms with Crippen LogP contribution in [0.1, 0.15) is 18.5 Å². The summed E-state index contributed by atoms with van der Waals surface area (Å²) >= 11 is 0. The number of nitrogen functional groups attached to an aromatic ring is 1. The molecule has 2 aromatic rings. The highest BCUT2D eigenvalue weighted by Gasteiger charge is 2.12. The number of nitrogens with two attached hydrogens (primary N) is 1. The van der Waals surface area contributed by atoms with E-state index in [0.717, 1.165) is 6.07 Å². The van der Waals surface area contributed by atoms with E-state index >= 15 is 0 Å². The summed E-state index contributed by atoms with van der Waals surface area (Å²) in [6, 6.07) is 7.45. The summed E-state index contributed by atoms with van der Waals surface area (Å²) in [6.45, 7) is 1.75. The topological polar surface area (TPSA) is 38.0 Å². The minimum absolute atomic E-state index is 0.147. The molecule has 2 aromatic carbocycles. The Kier molecular flexibility index (Phi) is 3.64. The molecule has 0 heterocycles. The number of rotatable bonds is 3. The van der Waals surface area contributed by atoms with E-state index in [1.54, 1.807) is 19.1 Å². The number of hydrogen-bond donors (Lipinski definition) is 2. The fourth-order valence-corrected chi connectivity index (χ4v) is 1.80. The van der Waals surface area contributed by atoms with E-state index in [0.29, 0.717) is 11.6 Å². The van der Waals surface area contributed by atoms with Crippen LogP contribution in [0, 0.1) is 17.5 Å². The van der Waals surface area contributed by atoms with E-state index in [1.165, 1.54) is 12.1 Å². The maximum Gasteiger partial charge on any atom is 0.151 e. The molecule has 0 aliphatic carbocycles. The minimum atomic E-state index is -0.825. The van der Waals surface area contributed by atoms with Gasteiger partial charge < -0.3 is 11.1 Å². The smallest absolute Gasteiger partial charge is 0.151 e. The lowest BCUT2D eigenvalue weighted by Gasteiger charge is -2.17. The molecule has 1 unspecified atom stereocenters. The van der Waals surface area contributed by atoms with Crippen LogP contribution in [-0.2, 0) is 0 Å². The van der Waals surface area contributed by atoms with Crippen LogP contribution in [0.3, 0.4) is 0 Å². The molecule has 0 saturated heterocycles. The molecule has 19 heavy (non-hydrogen) atoms. The average Bonchev–Trinajstić information content (AvgIpc) is 2.35. The van der Waals surface area contributed by atoms with Crippen LogP contribution in [0.5, 0.6) is 0 Å². The van der Waals surface area contributed by atoms with Crippen molar-refractivity contribution in [3.05, 3.63) is 59.4 Å². The van der Waals surface area contributed by atoms with Gasteiger partial charge in [0.1, 0.15) is 11.6 Å². The first kappa shape index (κ1) is 13.3. The predicted molar refractivity (Wildman–Crippen MR) is 69.2 cm³/mol. The first-order valence-corrected chi connectivity index (χ1v) is 5.74. The lowest BCUT2D eigenvalue weighted by atomic mass is 10.1. The van der Waals surface area contributed by atoms with Gasteiger partial charge in [0, 0.05) is 12.1 Å². The molecule has 2 nitrogen and oxygen atoms in total. The van der Waals surface area contributed by atoms with Gasteiger partial charge in [0.05, 0.1) is 11.4 Å². The highest BCUT2D eigenvalue weighted by Crippen LogP contribution is 2.27. The molecule has 0 radical (unpaired) electrons. The second-order valence-electron chi connectivity index (χ2n) is 4.27. The molecule has 100 valence electrons. The fraction of sp³-hybridized carbons (Fsp3) is 0.143. The van der Waals surface area contributed by atoms with E-state index in [2.05, 4.69) is 5.32 Å². The molecule has 0 saturated carbocycles. The van der Waals surface area contributed by atoms with Gasteiger partial charge in [-0.3, -0.25) is 0 Å². The van der Waals surface area contributed by atoms with Crippen molar-refractivity contribution >= 4 is 11.4 Å². The summed E-state index contributed by atoms with van der Waals surface area (Å²) in [5.74, 6) is -1.92. The molecular formula is C14H13F3N2. The van der Waals surface area contributed by atoms with Gasteiger partial charge in [0.15, 0.2) is 5.82 Å². The molecule has 0 aromatic heterocycles. The maximum absolute atomic E-state index is 13.3. The second kappa shape index (κ2) is 5.22. The van der Waals surface area contributed by atoms with Gasteiger partial charge in [-0.25, -0.2) is 13.2 Å². The zero-order chi connectivity index (χ0) is 14.0. The van der Waals surface area contributed by atoms with Crippen LogP contribution >= 0.6 is 0 Å². The molecule has 0 amide bonds. The number of nitrogens with one attached hydrogen (secondary N) is 1. The van der Waals surface area contributed by atoms with Crippen molar-refractivity contribution in [3.8, 4) is 0 Å². The quantitative estimate of drug-likeness (QED) is 0.828. The third-order valence-corrected chi connectivity index (χ3v) is 2.81. The van der Waals surface area contributed by atoms with E-state index in [1.807, 2.05) is 0 Å². The van der Waals surface area contributed by atoms with Gasteiger partial charge >= 0.3 is 0 Å². The minimum Gasteiger partial charge on any atom is -0.395 e. The summed E-state index contributed by atoms with van der Waals surface area (Å²) in [5, 5.41) is 2.86. The molecular weight excluding hydrogens is 253 g/mol. The van der Waals surface area contributed by atoms with Crippen molar-refractivity contribution in [2.24, 2.45) is 0 Å². The summed E-state index contributed by atoms with van der Waals surface area (Å²) in [7, 11) is 0. The van der Waals surface area contributed by atoms with Crippen LogP contribution in [0.15, 0.2) is 36.4 Å². The highest BCUT2D eigenvalue weighted by molar-refractivity contribution is 5.67. The SMILES string of the molecule is CC(Nc1cc(F)cc(F)c1N)c1cccc(F)c1. The summed E-state index contributed by atoms with van der Waals surface area (Å²) < 4.78 is 39.5. The maximum atomic E-state index is 13.3. The Morgan fingerprint density at radius 2 is 1.79 bits per heavy atom. The first-order valence-electron chi connectivity index (χ1n) is 5.74. The highest BCUT2D eigenvalue weighted by atomic mass is 19.1. The molecule has 0 fully saturated rings. The van der Waals surface area contributed by atoms with Crippen LogP contribution < -0.4 is 11.1 Å². The van der Waals surface area contributed by atoms with Gasteiger partial charge in [-0.15, -0.1) is 0 Å². The van der Waals surface area contributed by atoms with Gasteiger partial charge in [-0.05, 0) is 30.7 Å². The first-order chi connectivity index (χ1) is 8.97. The van der Waals surface area contributed by atoms with Crippen LogP contribution in [0.25, 0.3) is 0 Å². The van der Waals surface area contributed by atoms with Crippen LogP contribution in [-0.4, -0.2) is 0 Å². The molecule has 0 aliphatic rings. The van der Waals surface area contributed by atoms with Crippen molar-refractivity contribution < 1.29 is 13.2 Å². The molecule has 0 spiro atoms. The summed E-state index contributed by atoms with van der Waals surface area (Å²) in [5.41, 5.74) is 6.17. The third-order valence-electron chi connectivity index (χ3n) is 2.81. The molecule has 2 rings (SSSR count). The Morgan fingerprint density at radius 1 is 1.05 bits per heavy atom.